The zero-order valence-corrected chi connectivity index (χ0v) is 19.3. The van der Waals surface area contributed by atoms with Crippen LogP contribution >= 0.6 is 11.3 Å². The molecule has 0 amide bonds. The molecule has 0 bridgehead atoms. The molecule has 6 nitrogen and oxygen atoms in total. The number of thiophene rings is 1. The van der Waals surface area contributed by atoms with Gasteiger partial charge in [0.15, 0.2) is 5.82 Å². The van der Waals surface area contributed by atoms with E-state index < -0.39 is 40.5 Å². The van der Waals surface area contributed by atoms with E-state index in [1.54, 1.807) is 13.0 Å². The van der Waals surface area contributed by atoms with Crippen molar-refractivity contribution in [3.63, 3.8) is 0 Å². The molecule has 0 saturated carbocycles. The van der Waals surface area contributed by atoms with Gasteiger partial charge < -0.3 is 9.84 Å². The van der Waals surface area contributed by atoms with Crippen LogP contribution in [0.3, 0.4) is 0 Å². The summed E-state index contributed by atoms with van der Waals surface area (Å²) in [6.07, 6.45) is 2.58. The lowest BCUT2D eigenvalue weighted by Crippen LogP contribution is -2.21. The number of esters is 1. The number of carbonyl (C=O) groups is 1. The summed E-state index contributed by atoms with van der Waals surface area (Å²) in [4.78, 5) is 31.2. The maximum Gasteiger partial charge on any atom is 0.343 e. The van der Waals surface area contributed by atoms with Crippen LogP contribution in [0.25, 0.3) is 27.3 Å². The van der Waals surface area contributed by atoms with Crippen LogP contribution in [0.5, 0.6) is 0 Å². The van der Waals surface area contributed by atoms with E-state index in [9.17, 15) is 23.5 Å². The number of hydrogen-bond donors (Lipinski definition) is 1. The summed E-state index contributed by atoms with van der Waals surface area (Å²) < 4.78 is 49.7. The first-order chi connectivity index (χ1) is 16.8. The number of aromatic nitrogens is 2. The van der Waals surface area contributed by atoms with Crippen LogP contribution in [0, 0.1) is 17.5 Å². The minimum atomic E-state index is -0.966. The van der Waals surface area contributed by atoms with Crippen molar-refractivity contribution in [3.05, 3.63) is 80.2 Å². The quantitative estimate of drug-likeness (QED) is 0.396. The van der Waals surface area contributed by atoms with E-state index >= 15 is 4.39 Å². The van der Waals surface area contributed by atoms with E-state index in [4.69, 9.17) is 4.74 Å². The lowest BCUT2D eigenvalue weighted by molar-refractivity contribution is 0.0524. The van der Waals surface area contributed by atoms with Gasteiger partial charge in [-0.05, 0) is 56.0 Å². The summed E-state index contributed by atoms with van der Waals surface area (Å²) in [5, 5.41) is 10.0. The summed E-state index contributed by atoms with van der Waals surface area (Å²) in [7, 11) is 0. The first-order valence-electron chi connectivity index (χ1n) is 11.0. The molecule has 3 heterocycles. The largest absolute Gasteiger partial charge is 0.462 e. The van der Waals surface area contributed by atoms with E-state index in [1.807, 2.05) is 0 Å². The smallest absolute Gasteiger partial charge is 0.343 e. The summed E-state index contributed by atoms with van der Waals surface area (Å²) in [6.45, 7) is 1.55. The molecule has 1 atom stereocenters. The Bertz CT molecular complexity index is 1550. The number of pyridine rings is 2. The van der Waals surface area contributed by atoms with Crippen LogP contribution in [-0.4, -0.2) is 27.2 Å². The number of hydrogen-bond acceptors (Lipinski definition) is 6. The third kappa shape index (κ3) is 4.02. The highest BCUT2D eigenvalue weighted by molar-refractivity contribution is 7.15. The molecule has 3 aromatic heterocycles. The summed E-state index contributed by atoms with van der Waals surface area (Å²) >= 11 is 1.29. The van der Waals surface area contributed by atoms with Crippen molar-refractivity contribution in [2.45, 2.75) is 32.3 Å². The Morgan fingerprint density at radius 2 is 2.03 bits per heavy atom. The maximum atomic E-state index is 15.3. The molecule has 0 radical (unpaired) electrons. The minimum absolute atomic E-state index is 0.0122. The van der Waals surface area contributed by atoms with Crippen LogP contribution in [0.15, 0.2) is 41.3 Å². The van der Waals surface area contributed by atoms with Gasteiger partial charge in [0.1, 0.15) is 28.5 Å². The SMILES string of the molecule is CCOC(=O)c1cn(-c2ccc(F)cc2F)c2nc(-c3cc4c(s3)CCCC4O)c(F)cc2c1=O. The summed E-state index contributed by atoms with van der Waals surface area (Å²) in [6, 6.07) is 5.44. The fourth-order valence-electron chi connectivity index (χ4n) is 4.26. The Labute approximate surface area is 201 Å². The molecule has 10 heteroatoms. The molecule has 0 spiro atoms. The van der Waals surface area contributed by atoms with Crippen LogP contribution in [-0.2, 0) is 11.2 Å². The summed E-state index contributed by atoms with van der Waals surface area (Å²) in [5.41, 5.74) is -0.923. The molecular weight excluding hydrogens is 481 g/mol. The Morgan fingerprint density at radius 1 is 1.23 bits per heavy atom. The number of halogens is 3. The molecule has 5 rings (SSSR count). The highest BCUT2D eigenvalue weighted by Crippen LogP contribution is 2.40. The van der Waals surface area contributed by atoms with E-state index in [2.05, 4.69) is 4.98 Å². The fourth-order valence-corrected chi connectivity index (χ4v) is 5.51. The number of aliphatic hydroxyl groups excluding tert-OH is 1. The Hall–Kier alpha value is -3.50. The second-order valence-corrected chi connectivity index (χ2v) is 9.28. The first-order valence-corrected chi connectivity index (χ1v) is 11.8. The average Bonchev–Trinajstić information content (AvgIpc) is 3.25. The first kappa shape index (κ1) is 23.3. The second kappa shape index (κ2) is 8.94. The predicted molar refractivity (Wildman–Crippen MR) is 124 cm³/mol. The topological polar surface area (TPSA) is 81.4 Å². The van der Waals surface area contributed by atoms with Crippen LogP contribution < -0.4 is 5.43 Å². The third-order valence-corrected chi connectivity index (χ3v) is 7.13. The van der Waals surface area contributed by atoms with Gasteiger partial charge in [0.2, 0.25) is 5.43 Å². The standard InChI is InChI=1S/C25H19F3N2O4S/c1-2-34-25(33)15-11-30(18-7-6-12(26)8-16(18)27)24-14(23(15)32)9-17(28)22(29-24)21-10-13-19(31)4-3-5-20(13)35-21/h6-11,19,31H,2-5H2,1H3. The molecule has 180 valence electrons. The Kier molecular flexibility index (Phi) is 5.94. The molecular formula is C25H19F3N2O4S. The fraction of sp³-hybridized carbons (Fsp3) is 0.240. The number of benzene rings is 1. The van der Waals surface area contributed by atoms with Crippen molar-refractivity contribution in [2.75, 3.05) is 6.61 Å². The van der Waals surface area contributed by atoms with Gasteiger partial charge in [-0.15, -0.1) is 11.3 Å². The highest BCUT2D eigenvalue weighted by atomic mass is 32.1. The van der Waals surface area contributed by atoms with Gasteiger partial charge >= 0.3 is 5.97 Å². The van der Waals surface area contributed by atoms with Crippen molar-refractivity contribution in [2.24, 2.45) is 0 Å². The van der Waals surface area contributed by atoms with Gasteiger partial charge in [-0.2, -0.15) is 0 Å². The highest BCUT2D eigenvalue weighted by Gasteiger charge is 2.25. The van der Waals surface area contributed by atoms with Crippen molar-refractivity contribution in [1.82, 2.24) is 9.55 Å². The number of aliphatic hydroxyl groups is 1. The predicted octanol–water partition coefficient (Wildman–Crippen LogP) is 5.08. The molecule has 1 N–H and O–H groups in total. The lowest BCUT2D eigenvalue weighted by atomic mass is 9.96. The van der Waals surface area contributed by atoms with Crippen molar-refractivity contribution < 1.29 is 27.8 Å². The van der Waals surface area contributed by atoms with Gasteiger partial charge in [0.25, 0.3) is 0 Å². The molecule has 0 fully saturated rings. The zero-order valence-electron chi connectivity index (χ0n) is 18.5. The number of aryl methyl sites for hydroxylation is 1. The molecule has 1 aliphatic rings. The average molecular weight is 500 g/mol. The monoisotopic (exact) mass is 500 g/mol. The van der Waals surface area contributed by atoms with E-state index in [1.165, 1.54) is 11.3 Å². The number of nitrogens with zero attached hydrogens (tertiary/aromatic N) is 2. The summed E-state index contributed by atoms with van der Waals surface area (Å²) in [5.74, 6) is -3.55. The number of ether oxygens (including phenoxy) is 1. The number of rotatable bonds is 4. The normalized spacial score (nSPS) is 15.3. The molecule has 1 unspecified atom stereocenters. The zero-order chi connectivity index (χ0) is 24.9. The maximum absolute atomic E-state index is 15.3. The lowest BCUT2D eigenvalue weighted by Gasteiger charge is -2.16. The third-order valence-electron chi connectivity index (χ3n) is 5.91. The van der Waals surface area contributed by atoms with E-state index in [-0.39, 0.29) is 29.0 Å². The van der Waals surface area contributed by atoms with Gasteiger partial charge in [-0.25, -0.2) is 22.9 Å². The van der Waals surface area contributed by atoms with Crippen molar-refractivity contribution in [1.29, 1.82) is 0 Å². The van der Waals surface area contributed by atoms with E-state index in [0.717, 1.165) is 52.2 Å². The van der Waals surface area contributed by atoms with E-state index in [0.29, 0.717) is 17.4 Å². The number of carbonyl (C=O) groups excluding carboxylic acids is 1. The van der Waals surface area contributed by atoms with Crippen molar-refractivity contribution in [3.8, 4) is 16.3 Å². The van der Waals surface area contributed by atoms with Crippen LogP contribution in [0.2, 0.25) is 0 Å². The number of fused-ring (bicyclic) bond motifs is 2. The molecule has 35 heavy (non-hydrogen) atoms. The minimum Gasteiger partial charge on any atom is -0.462 e. The second-order valence-electron chi connectivity index (χ2n) is 8.15. The molecule has 1 aromatic carbocycles. The molecule has 0 aliphatic heterocycles. The Morgan fingerprint density at radius 3 is 2.74 bits per heavy atom. The van der Waals surface area contributed by atoms with Gasteiger partial charge in [-0.1, -0.05) is 0 Å². The van der Waals surface area contributed by atoms with Crippen LogP contribution in [0.4, 0.5) is 13.2 Å². The molecule has 0 saturated heterocycles. The van der Waals surface area contributed by atoms with Gasteiger partial charge in [0.05, 0.1) is 28.7 Å². The molecule has 4 aromatic rings. The van der Waals surface area contributed by atoms with Crippen molar-refractivity contribution >= 4 is 28.3 Å². The van der Waals surface area contributed by atoms with Gasteiger partial charge in [-0.3, -0.25) is 9.36 Å². The van der Waals surface area contributed by atoms with Crippen LogP contribution in [0.1, 0.15) is 46.7 Å². The Balaban J connectivity index is 1.80. The van der Waals surface area contributed by atoms with Gasteiger partial charge in [0, 0.05) is 17.1 Å². The molecule has 1 aliphatic carbocycles.